The van der Waals surface area contributed by atoms with Crippen molar-refractivity contribution in [3.63, 3.8) is 0 Å². The molecule has 0 spiro atoms. The van der Waals surface area contributed by atoms with E-state index in [4.69, 9.17) is 10.6 Å². The number of nitrogens with one attached hydrogen (secondary N) is 1. The fourth-order valence-electron chi connectivity index (χ4n) is 1.38. The van der Waals surface area contributed by atoms with Gasteiger partial charge in [-0.2, -0.15) is 0 Å². The predicted octanol–water partition coefficient (Wildman–Crippen LogP) is 1.64. The molecule has 1 aromatic carbocycles. The van der Waals surface area contributed by atoms with Crippen LogP contribution in [-0.2, 0) is 11.2 Å². The Labute approximate surface area is 102 Å². The van der Waals surface area contributed by atoms with Crippen LogP contribution in [0.5, 0.6) is 5.75 Å². The molecule has 0 fully saturated rings. The van der Waals surface area contributed by atoms with Crippen LogP contribution in [0.3, 0.4) is 0 Å². The van der Waals surface area contributed by atoms with E-state index in [1.54, 1.807) is 13.8 Å². The third-order valence-electron chi connectivity index (χ3n) is 2.65. The highest BCUT2D eigenvalue weighted by Gasteiger charge is 2.27. The first-order valence-corrected chi connectivity index (χ1v) is 5.72. The maximum atomic E-state index is 11.5. The van der Waals surface area contributed by atoms with Crippen LogP contribution in [0.2, 0.25) is 0 Å². The van der Waals surface area contributed by atoms with Gasteiger partial charge in [0.25, 0.3) is 0 Å². The van der Waals surface area contributed by atoms with Gasteiger partial charge in [-0.25, -0.2) is 5.84 Å². The van der Waals surface area contributed by atoms with Gasteiger partial charge in [0.05, 0.1) is 5.41 Å². The molecule has 4 nitrogen and oxygen atoms in total. The van der Waals surface area contributed by atoms with Gasteiger partial charge in [-0.15, -0.1) is 0 Å². The van der Waals surface area contributed by atoms with Crippen LogP contribution in [0.4, 0.5) is 0 Å². The molecule has 4 heteroatoms. The second kappa shape index (κ2) is 5.68. The molecule has 94 valence electrons. The van der Waals surface area contributed by atoms with Crippen molar-refractivity contribution in [2.75, 3.05) is 6.61 Å². The molecular formula is C13H20N2O2. The van der Waals surface area contributed by atoms with E-state index in [1.165, 1.54) is 5.56 Å². The average Bonchev–Trinajstić information content (AvgIpc) is 2.35. The van der Waals surface area contributed by atoms with Crippen LogP contribution in [0.25, 0.3) is 0 Å². The molecule has 0 atom stereocenters. The number of ether oxygens (including phenoxy) is 1. The van der Waals surface area contributed by atoms with Crippen LogP contribution >= 0.6 is 0 Å². The van der Waals surface area contributed by atoms with Gasteiger partial charge in [0.2, 0.25) is 5.91 Å². The summed E-state index contributed by atoms with van der Waals surface area (Å²) >= 11 is 0. The Bertz CT molecular complexity index is 389. The second-order valence-corrected chi connectivity index (χ2v) is 4.65. The van der Waals surface area contributed by atoms with E-state index < -0.39 is 5.41 Å². The van der Waals surface area contributed by atoms with E-state index in [0.717, 1.165) is 12.2 Å². The normalized spacial score (nSPS) is 11.1. The highest BCUT2D eigenvalue weighted by molar-refractivity contribution is 5.81. The fourth-order valence-corrected chi connectivity index (χ4v) is 1.38. The third-order valence-corrected chi connectivity index (χ3v) is 2.65. The number of carbonyl (C=O) groups is 1. The molecule has 0 heterocycles. The molecule has 0 bridgehead atoms. The first kappa shape index (κ1) is 13.5. The van der Waals surface area contributed by atoms with Gasteiger partial charge in [-0.3, -0.25) is 10.2 Å². The largest absolute Gasteiger partial charge is 0.492 e. The van der Waals surface area contributed by atoms with E-state index in [1.807, 2.05) is 24.3 Å². The molecule has 0 aliphatic heterocycles. The average molecular weight is 236 g/mol. The van der Waals surface area contributed by atoms with Crippen molar-refractivity contribution in [1.82, 2.24) is 5.43 Å². The van der Waals surface area contributed by atoms with E-state index in [2.05, 4.69) is 12.3 Å². The highest BCUT2D eigenvalue weighted by Crippen LogP contribution is 2.19. The number of benzene rings is 1. The molecule has 1 rings (SSSR count). The number of hydrogen-bond acceptors (Lipinski definition) is 3. The summed E-state index contributed by atoms with van der Waals surface area (Å²) in [6.07, 6.45) is 0.962. The molecule has 17 heavy (non-hydrogen) atoms. The Balaban J connectivity index is 2.63. The smallest absolute Gasteiger partial charge is 0.242 e. The SMILES string of the molecule is CCc1cccc(OCC(C)(C)C(=O)NN)c1. The van der Waals surface area contributed by atoms with Gasteiger partial charge >= 0.3 is 0 Å². The second-order valence-electron chi connectivity index (χ2n) is 4.65. The molecule has 0 aliphatic rings. The van der Waals surface area contributed by atoms with E-state index in [-0.39, 0.29) is 5.91 Å². The summed E-state index contributed by atoms with van der Waals surface area (Å²) in [5, 5.41) is 0. The maximum Gasteiger partial charge on any atom is 0.242 e. The minimum Gasteiger partial charge on any atom is -0.492 e. The van der Waals surface area contributed by atoms with Gasteiger partial charge in [0.1, 0.15) is 12.4 Å². The minimum absolute atomic E-state index is 0.232. The van der Waals surface area contributed by atoms with Gasteiger partial charge in [-0.05, 0) is 38.0 Å². The van der Waals surface area contributed by atoms with E-state index >= 15 is 0 Å². The van der Waals surface area contributed by atoms with Crippen molar-refractivity contribution in [1.29, 1.82) is 0 Å². The van der Waals surface area contributed by atoms with Crippen LogP contribution in [0, 0.1) is 5.41 Å². The Morgan fingerprint density at radius 2 is 2.18 bits per heavy atom. The molecule has 3 N–H and O–H groups in total. The fraction of sp³-hybridized carbons (Fsp3) is 0.462. The van der Waals surface area contributed by atoms with Crippen molar-refractivity contribution in [2.45, 2.75) is 27.2 Å². The molecule has 0 aliphatic carbocycles. The number of aryl methyl sites for hydroxylation is 1. The first-order chi connectivity index (χ1) is 7.99. The lowest BCUT2D eigenvalue weighted by molar-refractivity contribution is -0.130. The van der Waals surface area contributed by atoms with Crippen molar-refractivity contribution < 1.29 is 9.53 Å². The maximum absolute atomic E-state index is 11.5. The van der Waals surface area contributed by atoms with Gasteiger partial charge in [0, 0.05) is 0 Å². The highest BCUT2D eigenvalue weighted by atomic mass is 16.5. The van der Waals surface area contributed by atoms with Crippen molar-refractivity contribution in [3.05, 3.63) is 29.8 Å². The zero-order chi connectivity index (χ0) is 12.9. The molecule has 0 saturated heterocycles. The van der Waals surface area contributed by atoms with Gasteiger partial charge < -0.3 is 4.74 Å². The lowest BCUT2D eigenvalue weighted by Crippen LogP contribution is -2.44. The quantitative estimate of drug-likeness (QED) is 0.464. The molecule has 0 radical (unpaired) electrons. The first-order valence-electron chi connectivity index (χ1n) is 5.72. The predicted molar refractivity (Wildman–Crippen MR) is 67.4 cm³/mol. The van der Waals surface area contributed by atoms with Gasteiger partial charge in [-0.1, -0.05) is 19.1 Å². The van der Waals surface area contributed by atoms with Crippen LogP contribution in [0.15, 0.2) is 24.3 Å². The van der Waals surface area contributed by atoms with Crippen LogP contribution < -0.4 is 16.0 Å². The summed E-state index contributed by atoms with van der Waals surface area (Å²) in [5.74, 6) is 5.67. The number of hydrazine groups is 1. The lowest BCUT2D eigenvalue weighted by Gasteiger charge is -2.22. The Kier molecular flexibility index (Phi) is 4.52. The summed E-state index contributed by atoms with van der Waals surface area (Å²) in [6.45, 7) is 5.96. The molecule has 0 saturated carbocycles. The zero-order valence-electron chi connectivity index (χ0n) is 10.6. The molecule has 0 aromatic heterocycles. The Morgan fingerprint density at radius 3 is 2.76 bits per heavy atom. The monoisotopic (exact) mass is 236 g/mol. The number of nitrogens with two attached hydrogens (primary N) is 1. The number of carbonyl (C=O) groups excluding carboxylic acids is 1. The molecule has 0 unspecified atom stereocenters. The van der Waals surface area contributed by atoms with Crippen molar-refractivity contribution >= 4 is 5.91 Å². The van der Waals surface area contributed by atoms with Crippen LogP contribution in [0.1, 0.15) is 26.3 Å². The van der Waals surface area contributed by atoms with Crippen molar-refractivity contribution in [3.8, 4) is 5.75 Å². The number of amides is 1. The van der Waals surface area contributed by atoms with Crippen molar-refractivity contribution in [2.24, 2.45) is 11.3 Å². The number of rotatable bonds is 5. The molecular weight excluding hydrogens is 216 g/mol. The minimum atomic E-state index is -0.642. The van der Waals surface area contributed by atoms with E-state index in [0.29, 0.717) is 6.61 Å². The summed E-state index contributed by atoms with van der Waals surface area (Å²) in [7, 11) is 0. The van der Waals surface area contributed by atoms with Gasteiger partial charge in [0.15, 0.2) is 0 Å². The number of hydrogen-bond donors (Lipinski definition) is 2. The Morgan fingerprint density at radius 1 is 1.47 bits per heavy atom. The summed E-state index contributed by atoms with van der Waals surface area (Å²) < 4.78 is 5.62. The topological polar surface area (TPSA) is 64.3 Å². The molecule has 1 amide bonds. The standard InChI is InChI=1S/C13H20N2O2/c1-4-10-6-5-7-11(8-10)17-9-13(2,3)12(16)15-14/h5-8H,4,9,14H2,1-3H3,(H,15,16). The van der Waals surface area contributed by atoms with E-state index in [9.17, 15) is 4.79 Å². The molecule has 1 aromatic rings. The Hall–Kier alpha value is -1.55. The van der Waals surface area contributed by atoms with Crippen LogP contribution in [-0.4, -0.2) is 12.5 Å². The summed E-state index contributed by atoms with van der Waals surface area (Å²) in [4.78, 5) is 11.5. The third kappa shape index (κ3) is 3.75. The lowest BCUT2D eigenvalue weighted by atomic mass is 9.94. The summed E-state index contributed by atoms with van der Waals surface area (Å²) in [6, 6.07) is 7.86. The summed E-state index contributed by atoms with van der Waals surface area (Å²) in [5.41, 5.74) is 2.71. The zero-order valence-corrected chi connectivity index (χ0v) is 10.6.